The molecule has 0 aliphatic heterocycles. The molecule has 0 saturated heterocycles. The van der Waals surface area contributed by atoms with E-state index in [2.05, 4.69) is 73.3 Å². The van der Waals surface area contributed by atoms with Crippen molar-refractivity contribution >= 4 is 21.5 Å². The summed E-state index contributed by atoms with van der Waals surface area (Å²) >= 11 is 0. The lowest BCUT2D eigenvalue weighted by atomic mass is 9.66. The van der Waals surface area contributed by atoms with Gasteiger partial charge in [-0.15, -0.1) is 0 Å². The minimum absolute atomic E-state index is 0.175. The molecule has 2 N–H and O–H groups in total. The van der Waals surface area contributed by atoms with E-state index in [1.807, 2.05) is 0 Å². The van der Waals surface area contributed by atoms with Crippen LogP contribution in [0.2, 0.25) is 0 Å². The van der Waals surface area contributed by atoms with Crippen molar-refractivity contribution in [2.75, 3.05) is 6.54 Å². The van der Waals surface area contributed by atoms with E-state index in [1.54, 1.807) is 5.57 Å². The number of hydrogen-bond acceptors (Lipinski definition) is 1. The molecule has 0 fully saturated rings. The molecule has 1 nitrogen and oxygen atoms in total. The summed E-state index contributed by atoms with van der Waals surface area (Å²) in [6.45, 7) is 4.85. The summed E-state index contributed by atoms with van der Waals surface area (Å²) in [5.74, 6) is 0. The lowest BCUT2D eigenvalue weighted by Crippen LogP contribution is -2.30. The second kappa shape index (κ2) is 5.56. The summed E-state index contributed by atoms with van der Waals surface area (Å²) in [7, 11) is 0. The summed E-state index contributed by atoms with van der Waals surface area (Å²) in [4.78, 5) is 0. The van der Waals surface area contributed by atoms with Crippen LogP contribution in [0.4, 0.5) is 0 Å². The standard InChI is InChI=1S/C27H23N/c1-2-19-20-9-3-4-10-21(20)27(22(19)15-16-28)23-11-5-7-17-13-14-18-8-6-12-24(27)26(18)25(17)23/h2-3,5-9,11-14H,1,4,10,15-16,28H2. The van der Waals surface area contributed by atoms with Gasteiger partial charge in [-0.3, -0.25) is 0 Å². The van der Waals surface area contributed by atoms with Crippen LogP contribution >= 0.6 is 0 Å². The van der Waals surface area contributed by atoms with Crippen molar-refractivity contribution in [2.24, 2.45) is 5.73 Å². The van der Waals surface area contributed by atoms with Crippen molar-refractivity contribution in [3.63, 3.8) is 0 Å². The minimum atomic E-state index is -0.175. The first-order chi connectivity index (χ1) is 13.8. The zero-order valence-corrected chi connectivity index (χ0v) is 16.0. The molecular formula is C27H23N. The molecular weight excluding hydrogens is 338 g/mol. The Kier molecular flexibility index (Phi) is 3.19. The maximum Gasteiger partial charge on any atom is 0.0652 e. The van der Waals surface area contributed by atoms with Crippen LogP contribution in [-0.4, -0.2) is 6.54 Å². The van der Waals surface area contributed by atoms with Crippen molar-refractivity contribution in [1.29, 1.82) is 0 Å². The summed E-state index contributed by atoms with van der Waals surface area (Å²) in [6, 6.07) is 18.2. The van der Waals surface area contributed by atoms with Crippen LogP contribution in [0.25, 0.3) is 21.5 Å². The molecule has 0 saturated carbocycles. The third-order valence-corrected chi connectivity index (χ3v) is 6.98. The van der Waals surface area contributed by atoms with E-state index in [1.165, 1.54) is 49.4 Å². The van der Waals surface area contributed by atoms with E-state index in [0.29, 0.717) is 6.54 Å². The summed E-state index contributed by atoms with van der Waals surface area (Å²) in [5.41, 5.74) is 14.5. The van der Waals surface area contributed by atoms with Crippen LogP contribution in [0, 0.1) is 0 Å². The number of allylic oxidation sites excluding steroid dienone is 6. The van der Waals surface area contributed by atoms with Gasteiger partial charge in [0.15, 0.2) is 0 Å². The molecule has 0 unspecified atom stereocenters. The average Bonchev–Trinajstić information content (AvgIpc) is 3.20. The highest BCUT2D eigenvalue weighted by Crippen LogP contribution is 2.63. The molecule has 28 heavy (non-hydrogen) atoms. The van der Waals surface area contributed by atoms with E-state index in [4.69, 9.17) is 5.73 Å². The number of rotatable bonds is 3. The Morgan fingerprint density at radius 2 is 1.64 bits per heavy atom. The van der Waals surface area contributed by atoms with E-state index >= 15 is 0 Å². The quantitative estimate of drug-likeness (QED) is 0.562. The van der Waals surface area contributed by atoms with Gasteiger partial charge >= 0.3 is 0 Å². The first kappa shape index (κ1) is 16.1. The zero-order chi connectivity index (χ0) is 18.9. The predicted octanol–water partition coefficient (Wildman–Crippen LogP) is 6.08. The highest BCUT2D eigenvalue weighted by molar-refractivity contribution is 6.16. The Morgan fingerprint density at radius 3 is 2.25 bits per heavy atom. The molecule has 1 heteroatoms. The van der Waals surface area contributed by atoms with Gasteiger partial charge < -0.3 is 5.73 Å². The first-order valence-corrected chi connectivity index (χ1v) is 10.2. The fraction of sp³-hybridized carbons (Fsp3) is 0.185. The fourth-order valence-corrected chi connectivity index (χ4v) is 6.13. The van der Waals surface area contributed by atoms with Crippen LogP contribution in [0.3, 0.4) is 0 Å². The third kappa shape index (κ3) is 1.67. The molecule has 3 aliphatic carbocycles. The van der Waals surface area contributed by atoms with Gasteiger partial charge in [0, 0.05) is 0 Å². The molecule has 3 aromatic carbocycles. The SMILES string of the molecule is C=CC1=C(CCN)C2(C3=C1C=CCC3)c1cccc3ccc4cccc2c4c13. The van der Waals surface area contributed by atoms with Crippen LogP contribution in [-0.2, 0) is 5.41 Å². The Bertz CT molecular complexity index is 1220. The van der Waals surface area contributed by atoms with Gasteiger partial charge in [-0.1, -0.05) is 73.3 Å². The smallest absolute Gasteiger partial charge is 0.0652 e. The summed E-state index contributed by atoms with van der Waals surface area (Å²) < 4.78 is 0. The lowest BCUT2D eigenvalue weighted by Gasteiger charge is -2.36. The second-order valence-electron chi connectivity index (χ2n) is 8.09. The molecule has 0 atom stereocenters. The zero-order valence-electron chi connectivity index (χ0n) is 16.0. The molecule has 136 valence electrons. The van der Waals surface area contributed by atoms with Crippen molar-refractivity contribution in [3.8, 4) is 0 Å². The van der Waals surface area contributed by atoms with Crippen molar-refractivity contribution in [3.05, 3.63) is 107 Å². The van der Waals surface area contributed by atoms with Gasteiger partial charge in [0.05, 0.1) is 5.41 Å². The third-order valence-electron chi connectivity index (χ3n) is 6.98. The van der Waals surface area contributed by atoms with Crippen molar-refractivity contribution in [1.82, 2.24) is 0 Å². The summed E-state index contributed by atoms with van der Waals surface area (Å²) in [5, 5.41) is 5.53. The molecule has 1 spiro atoms. The Labute approximate surface area is 165 Å². The van der Waals surface area contributed by atoms with Gasteiger partial charge in [0.2, 0.25) is 0 Å². The molecule has 6 rings (SSSR count). The topological polar surface area (TPSA) is 26.0 Å². The Hall–Kier alpha value is -2.90. The van der Waals surface area contributed by atoms with E-state index in [-0.39, 0.29) is 5.41 Å². The molecule has 3 aliphatic rings. The maximum absolute atomic E-state index is 6.16. The molecule has 0 aromatic heterocycles. The van der Waals surface area contributed by atoms with Crippen molar-refractivity contribution in [2.45, 2.75) is 24.7 Å². The monoisotopic (exact) mass is 361 g/mol. The second-order valence-corrected chi connectivity index (χ2v) is 8.09. The van der Waals surface area contributed by atoms with Crippen LogP contribution in [0.1, 0.15) is 30.4 Å². The first-order valence-electron chi connectivity index (χ1n) is 10.2. The van der Waals surface area contributed by atoms with E-state index in [0.717, 1.165) is 19.3 Å². The van der Waals surface area contributed by atoms with Gasteiger partial charge in [-0.25, -0.2) is 0 Å². The van der Waals surface area contributed by atoms with Gasteiger partial charge in [-0.2, -0.15) is 0 Å². The number of benzene rings is 3. The van der Waals surface area contributed by atoms with Gasteiger partial charge in [-0.05, 0) is 80.8 Å². The summed E-state index contributed by atoms with van der Waals surface area (Å²) in [6.07, 6.45) is 9.78. The number of hydrogen-bond donors (Lipinski definition) is 1. The minimum Gasteiger partial charge on any atom is -0.330 e. The predicted molar refractivity (Wildman–Crippen MR) is 119 cm³/mol. The molecule has 0 bridgehead atoms. The Morgan fingerprint density at radius 1 is 0.964 bits per heavy atom. The van der Waals surface area contributed by atoms with E-state index < -0.39 is 0 Å². The molecule has 0 radical (unpaired) electrons. The highest BCUT2D eigenvalue weighted by Gasteiger charge is 2.51. The molecule has 0 amide bonds. The van der Waals surface area contributed by atoms with Crippen molar-refractivity contribution < 1.29 is 0 Å². The normalized spacial score (nSPS) is 18.9. The molecule has 0 heterocycles. The van der Waals surface area contributed by atoms with E-state index in [9.17, 15) is 0 Å². The number of fused-ring (bicyclic) bond motifs is 3. The lowest BCUT2D eigenvalue weighted by molar-refractivity contribution is 0.661. The highest BCUT2D eigenvalue weighted by atomic mass is 14.6. The fourth-order valence-electron chi connectivity index (χ4n) is 6.13. The Balaban J connectivity index is 1.86. The average molecular weight is 361 g/mol. The van der Waals surface area contributed by atoms with Gasteiger partial charge in [0.1, 0.15) is 0 Å². The maximum atomic E-state index is 6.16. The molecule has 3 aromatic rings. The van der Waals surface area contributed by atoms with Crippen LogP contribution in [0.15, 0.2) is 95.6 Å². The van der Waals surface area contributed by atoms with Gasteiger partial charge in [0.25, 0.3) is 0 Å². The van der Waals surface area contributed by atoms with Crippen LogP contribution < -0.4 is 5.73 Å². The number of nitrogens with two attached hydrogens (primary N) is 1. The largest absolute Gasteiger partial charge is 0.330 e. The van der Waals surface area contributed by atoms with Crippen LogP contribution in [0.5, 0.6) is 0 Å².